The fourth-order valence-electron chi connectivity index (χ4n) is 5.43. The Morgan fingerprint density at radius 1 is 1.00 bits per heavy atom. The molecule has 4 rings (SSSR count). The number of carbonyl (C=O) groups excluding carboxylic acids is 2. The van der Waals surface area contributed by atoms with Gasteiger partial charge in [-0.25, -0.2) is 0 Å². The lowest BCUT2D eigenvalue weighted by Gasteiger charge is -2.46. The second-order valence-electron chi connectivity index (χ2n) is 9.19. The highest BCUT2D eigenvalue weighted by atomic mass is 35.5. The molecule has 2 aromatic carbocycles. The van der Waals surface area contributed by atoms with Crippen LogP contribution in [0.1, 0.15) is 49.3 Å². The van der Waals surface area contributed by atoms with E-state index < -0.39 is 5.41 Å². The molecule has 1 saturated heterocycles. The number of amides is 2. The summed E-state index contributed by atoms with van der Waals surface area (Å²) in [6, 6.07) is 18.8. The maximum atomic E-state index is 13.7. The standard InChI is InChI=1S/C26H31ClN2O2/c1-25(13-7-9-20-8-5-6-12-22(20)25)24(31)29-16-14-26(15-17-29,19-28-23(30)18-27)21-10-3-2-4-11-21/h2-6,8,10-12H,7,9,13-19H2,1H3,(H,28,30). The van der Waals surface area contributed by atoms with Gasteiger partial charge in [0.25, 0.3) is 0 Å². The number of alkyl halides is 1. The summed E-state index contributed by atoms with van der Waals surface area (Å²) < 4.78 is 0. The minimum absolute atomic E-state index is 0.0345. The van der Waals surface area contributed by atoms with Crippen molar-refractivity contribution >= 4 is 23.4 Å². The van der Waals surface area contributed by atoms with Gasteiger partial charge < -0.3 is 10.2 Å². The molecular formula is C26H31ClN2O2. The first-order valence-corrected chi connectivity index (χ1v) is 11.8. The summed E-state index contributed by atoms with van der Waals surface area (Å²) in [5.41, 5.74) is 3.09. The fourth-order valence-corrected chi connectivity index (χ4v) is 5.52. The Morgan fingerprint density at radius 3 is 2.39 bits per heavy atom. The van der Waals surface area contributed by atoms with E-state index in [4.69, 9.17) is 11.6 Å². The van der Waals surface area contributed by atoms with Crippen LogP contribution in [-0.4, -0.2) is 42.2 Å². The van der Waals surface area contributed by atoms with Crippen molar-refractivity contribution in [2.24, 2.45) is 0 Å². The highest BCUT2D eigenvalue weighted by Crippen LogP contribution is 2.41. The zero-order valence-corrected chi connectivity index (χ0v) is 19.0. The summed E-state index contributed by atoms with van der Waals surface area (Å²) in [6.07, 6.45) is 4.64. The molecule has 1 heterocycles. The van der Waals surface area contributed by atoms with Crippen LogP contribution in [0.25, 0.3) is 0 Å². The van der Waals surface area contributed by atoms with Crippen molar-refractivity contribution in [1.82, 2.24) is 10.2 Å². The molecule has 4 nitrogen and oxygen atoms in total. The third kappa shape index (κ3) is 4.23. The van der Waals surface area contributed by atoms with Crippen LogP contribution in [0, 0.1) is 0 Å². The third-order valence-electron chi connectivity index (χ3n) is 7.35. The average molecular weight is 439 g/mol. The Balaban J connectivity index is 1.53. The number of aryl methyl sites for hydroxylation is 1. The van der Waals surface area contributed by atoms with Gasteiger partial charge in [0, 0.05) is 25.0 Å². The van der Waals surface area contributed by atoms with Gasteiger partial charge in [-0.05, 0) is 55.7 Å². The normalized spacial score (nSPS) is 22.5. The lowest BCUT2D eigenvalue weighted by Crippen LogP contribution is -2.54. The van der Waals surface area contributed by atoms with Gasteiger partial charge in [0.2, 0.25) is 11.8 Å². The number of rotatable bonds is 5. The topological polar surface area (TPSA) is 49.4 Å². The largest absolute Gasteiger partial charge is 0.354 e. The number of hydrogen-bond acceptors (Lipinski definition) is 2. The van der Waals surface area contributed by atoms with Gasteiger partial charge >= 0.3 is 0 Å². The van der Waals surface area contributed by atoms with E-state index in [1.807, 2.05) is 29.2 Å². The number of nitrogens with one attached hydrogen (secondary N) is 1. The molecule has 1 fully saturated rings. The van der Waals surface area contributed by atoms with Crippen molar-refractivity contribution in [1.29, 1.82) is 0 Å². The molecule has 31 heavy (non-hydrogen) atoms. The smallest absolute Gasteiger partial charge is 0.234 e. The first kappa shape index (κ1) is 21.9. The number of carbonyl (C=O) groups is 2. The summed E-state index contributed by atoms with van der Waals surface area (Å²) in [6.45, 7) is 4.06. The molecule has 0 radical (unpaired) electrons. The maximum absolute atomic E-state index is 13.7. The van der Waals surface area contributed by atoms with E-state index in [1.54, 1.807) is 0 Å². The number of piperidine rings is 1. The van der Waals surface area contributed by atoms with Crippen LogP contribution < -0.4 is 5.32 Å². The SMILES string of the molecule is CC1(C(=O)N2CCC(CNC(=O)CCl)(c3ccccc3)CC2)CCCc2ccccc21. The number of nitrogens with zero attached hydrogens (tertiary/aromatic N) is 1. The number of halogens is 1. The quantitative estimate of drug-likeness (QED) is 0.711. The highest BCUT2D eigenvalue weighted by molar-refractivity contribution is 6.27. The number of fused-ring (bicyclic) bond motifs is 1. The predicted molar refractivity (Wildman–Crippen MR) is 124 cm³/mol. The predicted octanol–water partition coefficient (Wildman–Crippen LogP) is 4.20. The lowest BCUT2D eigenvalue weighted by molar-refractivity contribution is -0.139. The highest BCUT2D eigenvalue weighted by Gasteiger charge is 2.44. The maximum Gasteiger partial charge on any atom is 0.234 e. The first-order chi connectivity index (χ1) is 15.0. The minimum atomic E-state index is -0.450. The molecule has 1 atom stereocenters. The van der Waals surface area contributed by atoms with Gasteiger partial charge in [-0.2, -0.15) is 0 Å². The molecule has 0 bridgehead atoms. The molecule has 2 aromatic rings. The molecule has 2 amide bonds. The number of hydrogen-bond donors (Lipinski definition) is 1. The molecule has 5 heteroatoms. The third-order valence-corrected chi connectivity index (χ3v) is 7.59. The Kier molecular flexibility index (Phi) is 6.38. The van der Waals surface area contributed by atoms with Crippen LogP contribution in [0.15, 0.2) is 54.6 Å². The molecule has 1 N–H and O–H groups in total. The van der Waals surface area contributed by atoms with E-state index >= 15 is 0 Å². The second kappa shape index (κ2) is 9.04. The van der Waals surface area contributed by atoms with Crippen LogP contribution in [0.2, 0.25) is 0 Å². The molecule has 164 valence electrons. The Labute approximate surface area is 190 Å². The summed E-state index contributed by atoms with van der Waals surface area (Å²) >= 11 is 5.70. The Morgan fingerprint density at radius 2 is 1.68 bits per heavy atom. The summed E-state index contributed by atoms with van der Waals surface area (Å²) in [4.78, 5) is 27.6. The van der Waals surface area contributed by atoms with Crippen molar-refractivity contribution < 1.29 is 9.59 Å². The van der Waals surface area contributed by atoms with Gasteiger partial charge in [0.05, 0.1) is 5.41 Å². The second-order valence-corrected chi connectivity index (χ2v) is 9.46. The van der Waals surface area contributed by atoms with E-state index in [2.05, 4.69) is 42.6 Å². The molecule has 0 spiro atoms. The summed E-state index contributed by atoms with van der Waals surface area (Å²) in [5.74, 6) is 0.0562. The summed E-state index contributed by atoms with van der Waals surface area (Å²) in [7, 11) is 0. The van der Waals surface area contributed by atoms with Crippen LogP contribution >= 0.6 is 11.6 Å². The zero-order valence-electron chi connectivity index (χ0n) is 18.2. The van der Waals surface area contributed by atoms with Crippen LogP contribution in [0.3, 0.4) is 0 Å². The number of likely N-dealkylation sites (tertiary alicyclic amines) is 1. The molecule has 1 aliphatic heterocycles. The molecule has 0 aromatic heterocycles. The Bertz CT molecular complexity index is 937. The first-order valence-electron chi connectivity index (χ1n) is 11.2. The van der Waals surface area contributed by atoms with Gasteiger partial charge in [-0.15, -0.1) is 11.6 Å². The van der Waals surface area contributed by atoms with Crippen LogP contribution in [0.4, 0.5) is 0 Å². The fraction of sp³-hybridized carbons (Fsp3) is 0.462. The van der Waals surface area contributed by atoms with Gasteiger partial charge in [-0.3, -0.25) is 9.59 Å². The van der Waals surface area contributed by atoms with Gasteiger partial charge in [0.15, 0.2) is 0 Å². The summed E-state index contributed by atoms with van der Waals surface area (Å²) in [5, 5.41) is 2.99. The monoisotopic (exact) mass is 438 g/mol. The average Bonchev–Trinajstić information content (AvgIpc) is 2.83. The molecule has 1 aliphatic carbocycles. The molecule has 0 saturated carbocycles. The van der Waals surface area contributed by atoms with E-state index in [0.717, 1.165) is 32.1 Å². The molecule has 1 unspecified atom stereocenters. The van der Waals surface area contributed by atoms with Crippen molar-refractivity contribution in [3.05, 3.63) is 71.3 Å². The lowest BCUT2D eigenvalue weighted by atomic mass is 9.69. The van der Waals surface area contributed by atoms with Crippen molar-refractivity contribution in [3.63, 3.8) is 0 Å². The number of benzene rings is 2. The molecular weight excluding hydrogens is 408 g/mol. The zero-order chi connectivity index (χ0) is 21.9. The minimum Gasteiger partial charge on any atom is -0.354 e. The van der Waals surface area contributed by atoms with E-state index in [1.165, 1.54) is 16.7 Å². The Hall–Kier alpha value is -2.33. The van der Waals surface area contributed by atoms with Crippen LogP contribution in [0.5, 0.6) is 0 Å². The van der Waals surface area contributed by atoms with Crippen LogP contribution in [-0.2, 0) is 26.8 Å². The molecule has 2 aliphatic rings. The van der Waals surface area contributed by atoms with E-state index in [-0.39, 0.29) is 23.1 Å². The van der Waals surface area contributed by atoms with Crippen molar-refractivity contribution in [2.45, 2.75) is 49.9 Å². The van der Waals surface area contributed by atoms with Crippen molar-refractivity contribution in [3.8, 4) is 0 Å². The van der Waals surface area contributed by atoms with Crippen molar-refractivity contribution in [2.75, 3.05) is 25.5 Å². The van der Waals surface area contributed by atoms with E-state index in [0.29, 0.717) is 19.6 Å². The van der Waals surface area contributed by atoms with Gasteiger partial charge in [-0.1, -0.05) is 54.6 Å². The van der Waals surface area contributed by atoms with Gasteiger partial charge in [0.1, 0.15) is 5.88 Å². The van der Waals surface area contributed by atoms with E-state index in [9.17, 15) is 9.59 Å².